The molecular formula is C15H18ClNO3. The lowest BCUT2D eigenvalue weighted by Gasteiger charge is -2.18. The van der Waals surface area contributed by atoms with Crippen molar-refractivity contribution in [3.05, 3.63) is 46.9 Å². The summed E-state index contributed by atoms with van der Waals surface area (Å²) in [7, 11) is 3.26. The van der Waals surface area contributed by atoms with Crippen molar-refractivity contribution in [1.29, 1.82) is 0 Å². The Morgan fingerprint density at radius 3 is 2.25 bits per heavy atom. The molecule has 1 aromatic carbocycles. The van der Waals surface area contributed by atoms with Crippen molar-refractivity contribution < 1.29 is 13.9 Å². The summed E-state index contributed by atoms with van der Waals surface area (Å²) in [6.45, 7) is 2.83. The van der Waals surface area contributed by atoms with E-state index in [9.17, 15) is 0 Å². The smallest absolute Gasteiger partial charge is 0.193 e. The molecule has 1 aromatic heterocycles. The third-order valence-corrected chi connectivity index (χ3v) is 3.20. The number of hydrogen-bond acceptors (Lipinski definition) is 4. The molecule has 5 heteroatoms. The molecule has 0 spiro atoms. The van der Waals surface area contributed by atoms with Crippen LogP contribution in [0.2, 0.25) is 5.22 Å². The van der Waals surface area contributed by atoms with E-state index >= 15 is 0 Å². The lowest BCUT2D eigenvalue weighted by Crippen LogP contribution is -2.21. The van der Waals surface area contributed by atoms with Crippen LogP contribution in [0.15, 0.2) is 34.7 Å². The van der Waals surface area contributed by atoms with Crippen molar-refractivity contribution in [2.45, 2.75) is 13.0 Å². The average Bonchev–Trinajstić information content (AvgIpc) is 2.90. The van der Waals surface area contributed by atoms with E-state index in [1.807, 2.05) is 31.2 Å². The van der Waals surface area contributed by atoms with Gasteiger partial charge in [-0.3, -0.25) is 0 Å². The minimum atomic E-state index is -0.100. The van der Waals surface area contributed by atoms with Gasteiger partial charge in [-0.15, -0.1) is 0 Å². The zero-order chi connectivity index (χ0) is 14.5. The first kappa shape index (κ1) is 14.8. The molecule has 1 N–H and O–H groups in total. The zero-order valence-electron chi connectivity index (χ0n) is 11.8. The van der Waals surface area contributed by atoms with Gasteiger partial charge in [0.2, 0.25) is 0 Å². The number of halogens is 1. The second-order valence-electron chi connectivity index (χ2n) is 4.28. The third-order valence-electron chi connectivity index (χ3n) is 2.99. The molecule has 0 saturated heterocycles. The Morgan fingerprint density at radius 2 is 1.80 bits per heavy atom. The number of rotatable bonds is 6. The average molecular weight is 296 g/mol. The Hall–Kier alpha value is -1.65. The SMILES string of the molecule is CCNC(c1cc(OC)cc(OC)c1)c1ccc(Cl)o1. The van der Waals surface area contributed by atoms with E-state index in [1.54, 1.807) is 20.3 Å². The highest BCUT2D eigenvalue weighted by Crippen LogP contribution is 2.31. The van der Waals surface area contributed by atoms with Gasteiger partial charge >= 0.3 is 0 Å². The summed E-state index contributed by atoms with van der Waals surface area (Å²) in [5.41, 5.74) is 0.995. The number of nitrogens with one attached hydrogen (secondary N) is 1. The maximum absolute atomic E-state index is 5.87. The molecule has 1 heterocycles. The number of benzene rings is 1. The van der Waals surface area contributed by atoms with Crippen LogP contribution in [0.4, 0.5) is 0 Å². The summed E-state index contributed by atoms with van der Waals surface area (Å²) in [6.07, 6.45) is 0. The highest BCUT2D eigenvalue weighted by atomic mass is 35.5. The normalized spacial score (nSPS) is 12.2. The number of furan rings is 1. The molecule has 2 aromatic rings. The quantitative estimate of drug-likeness (QED) is 0.883. The Labute approximate surface area is 123 Å². The van der Waals surface area contributed by atoms with Gasteiger partial charge in [0.25, 0.3) is 0 Å². The molecule has 108 valence electrons. The molecule has 2 rings (SSSR count). The highest BCUT2D eigenvalue weighted by molar-refractivity contribution is 6.28. The molecule has 20 heavy (non-hydrogen) atoms. The highest BCUT2D eigenvalue weighted by Gasteiger charge is 2.18. The fraction of sp³-hybridized carbons (Fsp3) is 0.333. The lowest BCUT2D eigenvalue weighted by atomic mass is 10.0. The Balaban J connectivity index is 2.42. The summed E-state index contributed by atoms with van der Waals surface area (Å²) in [5, 5.41) is 3.74. The fourth-order valence-electron chi connectivity index (χ4n) is 2.07. The molecule has 0 aliphatic heterocycles. The van der Waals surface area contributed by atoms with E-state index in [2.05, 4.69) is 5.32 Å². The first-order valence-corrected chi connectivity index (χ1v) is 6.77. The van der Waals surface area contributed by atoms with Gasteiger partial charge in [-0.25, -0.2) is 0 Å². The molecule has 0 bridgehead atoms. The molecule has 0 radical (unpaired) electrons. The molecule has 0 fully saturated rings. The number of hydrogen-bond donors (Lipinski definition) is 1. The van der Waals surface area contributed by atoms with Crippen LogP contribution in [-0.4, -0.2) is 20.8 Å². The van der Waals surface area contributed by atoms with Gasteiger partial charge < -0.3 is 19.2 Å². The first-order chi connectivity index (χ1) is 9.67. The Morgan fingerprint density at radius 1 is 1.15 bits per heavy atom. The minimum absolute atomic E-state index is 0.100. The van der Waals surface area contributed by atoms with E-state index in [1.165, 1.54) is 0 Å². The molecule has 0 amide bonds. The number of ether oxygens (including phenoxy) is 2. The van der Waals surface area contributed by atoms with Crippen LogP contribution in [0, 0.1) is 0 Å². The minimum Gasteiger partial charge on any atom is -0.497 e. The van der Waals surface area contributed by atoms with Crippen LogP contribution in [0.1, 0.15) is 24.3 Å². The summed E-state index contributed by atoms with van der Waals surface area (Å²) >= 11 is 5.87. The van der Waals surface area contributed by atoms with Gasteiger partial charge in [0.1, 0.15) is 17.3 Å². The summed E-state index contributed by atoms with van der Waals surface area (Å²) in [5.74, 6) is 2.23. The van der Waals surface area contributed by atoms with Crippen LogP contribution in [0.3, 0.4) is 0 Å². The summed E-state index contributed by atoms with van der Waals surface area (Å²) < 4.78 is 16.1. The van der Waals surface area contributed by atoms with Crippen LogP contribution in [0.5, 0.6) is 11.5 Å². The van der Waals surface area contributed by atoms with Gasteiger partial charge in [-0.1, -0.05) is 6.92 Å². The van der Waals surface area contributed by atoms with E-state index in [0.717, 1.165) is 29.4 Å². The molecular weight excluding hydrogens is 278 g/mol. The second-order valence-corrected chi connectivity index (χ2v) is 4.65. The van der Waals surface area contributed by atoms with Crippen LogP contribution in [-0.2, 0) is 0 Å². The van der Waals surface area contributed by atoms with Gasteiger partial charge in [-0.05, 0) is 48.0 Å². The molecule has 4 nitrogen and oxygen atoms in total. The zero-order valence-corrected chi connectivity index (χ0v) is 12.5. The number of methoxy groups -OCH3 is 2. The molecule has 0 aliphatic rings. The van der Waals surface area contributed by atoms with Gasteiger partial charge in [-0.2, -0.15) is 0 Å². The predicted octanol–water partition coefficient (Wildman–Crippen LogP) is 3.65. The van der Waals surface area contributed by atoms with Gasteiger partial charge in [0.05, 0.1) is 20.3 Å². The van der Waals surface area contributed by atoms with Crippen LogP contribution in [0.25, 0.3) is 0 Å². The van der Waals surface area contributed by atoms with Crippen molar-refractivity contribution in [2.24, 2.45) is 0 Å². The van der Waals surface area contributed by atoms with Crippen molar-refractivity contribution in [3.8, 4) is 11.5 Å². The predicted molar refractivity (Wildman–Crippen MR) is 78.8 cm³/mol. The van der Waals surface area contributed by atoms with Gasteiger partial charge in [0, 0.05) is 6.07 Å². The van der Waals surface area contributed by atoms with Crippen molar-refractivity contribution in [1.82, 2.24) is 5.32 Å². The van der Waals surface area contributed by atoms with Crippen molar-refractivity contribution in [3.63, 3.8) is 0 Å². The standard InChI is InChI=1S/C15H18ClNO3/c1-4-17-15(13-5-6-14(16)20-13)10-7-11(18-2)9-12(8-10)19-3/h5-9,15,17H,4H2,1-3H3. The molecule has 0 aliphatic carbocycles. The monoisotopic (exact) mass is 295 g/mol. The largest absolute Gasteiger partial charge is 0.497 e. The van der Waals surface area contributed by atoms with Crippen LogP contribution >= 0.6 is 11.6 Å². The van der Waals surface area contributed by atoms with E-state index in [-0.39, 0.29) is 6.04 Å². The van der Waals surface area contributed by atoms with E-state index in [0.29, 0.717) is 5.22 Å². The van der Waals surface area contributed by atoms with Crippen molar-refractivity contribution >= 4 is 11.6 Å². The van der Waals surface area contributed by atoms with E-state index in [4.69, 9.17) is 25.5 Å². The maximum Gasteiger partial charge on any atom is 0.193 e. The first-order valence-electron chi connectivity index (χ1n) is 6.39. The third kappa shape index (κ3) is 3.26. The topological polar surface area (TPSA) is 43.6 Å². The van der Waals surface area contributed by atoms with E-state index < -0.39 is 0 Å². The Bertz CT molecular complexity index is 546. The van der Waals surface area contributed by atoms with Crippen molar-refractivity contribution in [2.75, 3.05) is 20.8 Å². The second kappa shape index (κ2) is 6.68. The lowest BCUT2D eigenvalue weighted by molar-refractivity contribution is 0.390. The maximum atomic E-state index is 5.87. The fourth-order valence-corrected chi connectivity index (χ4v) is 2.22. The Kier molecular flexibility index (Phi) is 4.93. The summed E-state index contributed by atoms with van der Waals surface area (Å²) in [6, 6.07) is 9.23. The van der Waals surface area contributed by atoms with Gasteiger partial charge in [0.15, 0.2) is 5.22 Å². The molecule has 1 unspecified atom stereocenters. The van der Waals surface area contributed by atoms with Crippen LogP contribution < -0.4 is 14.8 Å². The molecule has 0 saturated carbocycles. The molecule has 1 atom stereocenters. The summed E-state index contributed by atoms with van der Waals surface area (Å²) in [4.78, 5) is 0.